The Morgan fingerprint density at radius 2 is 0.960 bits per heavy atom. The second-order valence-electron chi connectivity index (χ2n) is 12.8. The molecule has 0 spiro atoms. The number of carbonyl (C=O) groups excluding carboxylic acids is 4. The summed E-state index contributed by atoms with van der Waals surface area (Å²) in [5, 5.41) is 10.3. The van der Waals surface area contributed by atoms with E-state index in [0.29, 0.717) is 83.5 Å². The van der Waals surface area contributed by atoms with E-state index in [0.717, 1.165) is 38.7 Å². The van der Waals surface area contributed by atoms with Crippen molar-refractivity contribution in [3.8, 4) is 11.5 Å². The molecule has 0 radical (unpaired) electrons. The smallest absolute Gasteiger partial charge is 0.261 e. The van der Waals surface area contributed by atoms with E-state index < -0.39 is 0 Å². The third kappa shape index (κ3) is 5.04. The highest BCUT2D eigenvalue weighted by Crippen LogP contribution is 2.38. The first-order valence-corrected chi connectivity index (χ1v) is 16.9. The van der Waals surface area contributed by atoms with E-state index >= 15 is 0 Å². The summed E-state index contributed by atoms with van der Waals surface area (Å²) in [6.07, 6.45) is 1.98. The van der Waals surface area contributed by atoms with Crippen LogP contribution in [0.15, 0.2) is 84.9 Å². The van der Waals surface area contributed by atoms with Gasteiger partial charge in [-0.1, -0.05) is 36.4 Å². The van der Waals surface area contributed by atoms with E-state index in [-0.39, 0.29) is 23.6 Å². The molecule has 6 aromatic rings. The fourth-order valence-corrected chi connectivity index (χ4v) is 7.53. The summed E-state index contributed by atoms with van der Waals surface area (Å²) in [4.78, 5) is 57.0. The third-order valence-corrected chi connectivity index (χ3v) is 9.99. The van der Waals surface area contributed by atoms with Crippen molar-refractivity contribution in [2.45, 2.75) is 19.3 Å². The van der Waals surface area contributed by atoms with Crippen molar-refractivity contribution >= 4 is 66.7 Å². The molecule has 0 atom stereocenters. The van der Waals surface area contributed by atoms with Crippen LogP contribution < -0.4 is 14.8 Å². The SMILES string of the molecule is COc1ccc2c(c1)cc1c3c(cccc32)C(=O)N(CCCCNCCCN2C(=O)c3cccc4c3c(cc3cc(OC)ccc34)C2=O)C1=O. The first-order valence-electron chi connectivity index (χ1n) is 16.9. The number of fused-ring (bicyclic) bond motifs is 4. The molecule has 8 rings (SSSR count). The predicted molar refractivity (Wildman–Crippen MR) is 193 cm³/mol. The van der Waals surface area contributed by atoms with Gasteiger partial charge in [-0.2, -0.15) is 0 Å². The van der Waals surface area contributed by atoms with Gasteiger partial charge in [-0.15, -0.1) is 0 Å². The van der Waals surface area contributed by atoms with Crippen LogP contribution in [0.3, 0.4) is 0 Å². The average Bonchev–Trinajstić information content (AvgIpc) is 3.15. The average molecular weight is 666 g/mol. The summed E-state index contributed by atoms with van der Waals surface area (Å²) in [6.45, 7) is 1.88. The molecule has 0 bridgehead atoms. The Hall–Kier alpha value is -5.80. The monoisotopic (exact) mass is 665 g/mol. The van der Waals surface area contributed by atoms with E-state index in [1.54, 1.807) is 26.4 Å². The molecule has 9 nitrogen and oxygen atoms in total. The van der Waals surface area contributed by atoms with Crippen molar-refractivity contribution in [1.29, 1.82) is 0 Å². The summed E-state index contributed by atoms with van der Waals surface area (Å²) in [6, 6.07) is 26.5. The fourth-order valence-electron chi connectivity index (χ4n) is 7.53. The highest BCUT2D eigenvalue weighted by molar-refractivity contribution is 6.30. The number of imide groups is 2. The molecule has 2 aliphatic rings. The van der Waals surface area contributed by atoms with E-state index in [1.165, 1.54) is 9.80 Å². The van der Waals surface area contributed by atoms with Crippen LogP contribution in [0.25, 0.3) is 43.1 Å². The van der Waals surface area contributed by atoms with E-state index in [1.807, 2.05) is 72.8 Å². The maximum Gasteiger partial charge on any atom is 0.261 e. The molecular weight excluding hydrogens is 630 g/mol. The van der Waals surface area contributed by atoms with Gasteiger partial charge in [0.05, 0.1) is 14.2 Å². The number of hydrogen-bond donors (Lipinski definition) is 1. The van der Waals surface area contributed by atoms with Crippen LogP contribution in [0.1, 0.15) is 60.7 Å². The van der Waals surface area contributed by atoms with E-state index in [9.17, 15) is 19.2 Å². The summed E-state index contributed by atoms with van der Waals surface area (Å²) in [5.74, 6) is 0.293. The lowest BCUT2D eigenvalue weighted by Gasteiger charge is -2.28. The lowest BCUT2D eigenvalue weighted by atomic mass is 9.90. The van der Waals surface area contributed by atoms with Crippen LogP contribution in [0.2, 0.25) is 0 Å². The molecule has 4 amide bonds. The lowest BCUT2D eigenvalue weighted by molar-refractivity contribution is 0.0591. The predicted octanol–water partition coefficient (Wildman–Crippen LogP) is 6.97. The van der Waals surface area contributed by atoms with Gasteiger partial charge in [0, 0.05) is 46.1 Å². The molecule has 250 valence electrons. The molecule has 0 aromatic heterocycles. The van der Waals surface area contributed by atoms with Crippen LogP contribution in [0, 0.1) is 0 Å². The highest BCUT2D eigenvalue weighted by Gasteiger charge is 2.34. The Morgan fingerprint density at radius 3 is 1.46 bits per heavy atom. The van der Waals surface area contributed by atoms with Gasteiger partial charge >= 0.3 is 0 Å². The van der Waals surface area contributed by atoms with Crippen LogP contribution in [-0.4, -0.2) is 73.8 Å². The largest absolute Gasteiger partial charge is 0.497 e. The van der Waals surface area contributed by atoms with Crippen LogP contribution in [-0.2, 0) is 0 Å². The Labute approximate surface area is 288 Å². The van der Waals surface area contributed by atoms with Gasteiger partial charge in [0.2, 0.25) is 0 Å². The quantitative estimate of drug-likeness (QED) is 0.0906. The molecule has 0 saturated carbocycles. The number of methoxy groups -OCH3 is 2. The number of rotatable bonds is 11. The van der Waals surface area contributed by atoms with Gasteiger partial charge in [0.15, 0.2) is 0 Å². The lowest BCUT2D eigenvalue weighted by Crippen LogP contribution is -2.41. The molecule has 50 heavy (non-hydrogen) atoms. The number of carbonyl (C=O) groups is 4. The van der Waals surface area contributed by atoms with Crippen molar-refractivity contribution in [3.63, 3.8) is 0 Å². The van der Waals surface area contributed by atoms with Crippen molar-refractivity contribution in [2.24, 2.45) is 0 Å². The minimum absolute atomic E-state index is 0.269. The van der Waals surface area contributed by atoms with Gasteiger partial charge in [0.1, 0.15) is 11.5 Å². The minimum atomic E-state index is -0.288. The highest BCUT2D eigenvalue weighted by atomic mass is 16.5. The van der Waals surface area contributed by atoms with Crippen molar-refractivity contribution in [3.05, 3.63) is 107 Å². The summed E-state index contributed by atoms with van der Waals surface area (Å²) in [5.41, 5.74) is 2.14. The van der Waals surface area contributed by atoms with Crippen LogP contribution in [0.4, 0.5) is 0 Å². The number of benzene rings is 6. The number of nitrogens with one attached hydrogen (secondary N) is 1. The van der Waals surface area contributed by atoms with E-state index in [4.69, 9.17) is 9.47 Å². The van der Waals surface area contributed by atoms with Gasteiger partial charge in [-0.3, -0.25) is 29.0 Å². The topological polar surface area (TPSA) is 105 Å². The van der Waals surface area contributed by atoms with Gasteiger partial charge in [0.25, 0.3) is 23.6 Å². The number of unbranched alkanes of at least 4 members (excludes halogenated alkanes) is 1. The minimum Gasteiger partial charge on any atom is -0.497 e. The Kier molecular flexibility index (Phi) is 7.92. The maximum absolute atomic E-state index is 13.6. The van der Waals surface area contributed by atoms with Crippen LogP contribution >= 0.6 is 0 Å². The standard InChI is InChI=1S/C41H35N3O6/c1-49-26-12-14-28-24(20-26)22-34-36-30(28)8-5-10-32(36)38(45)43(40(34)47)18-4-3-16-42-17-7-19-44-39(46)33-11-6-9-31-29-15-13-27(50-2)21-25(29)23-35(37(31)33)41(44)48/h5-6,8-15,20-23,42H,3-4,7,16-19H2,1-2H3. The molecule has 0 fully saturated rings. The first-order chi connectivity index (χ1) is 24.4. The fraction of sp³-hybridized carbons (Fsp3) is 0.220. The van der Waals surface area contributed by atoms with Gasteiger partial charge in [-0.05, 0) is 113 Å². The van der Waals surface area contributed by atoms with Crippen LogP contribution in [0.5, 0.6) is 11.5 Å². The number of hydrogen-bond acceptors (Lipinski definition) is 7. The zero-order chi connectivity index (χ0) is 34.5. The molecule has 2 aliphatic heterocycles. The molecule has 0 aliphatic carbocycles. The molecule has 0 unspecified atom stereocenters. The molecule has 6 aromatic carbocycles. The normalized spacial score (nSPS) is 14.1. The summed E-state index contributed by atoms with van der Waals surface area (Å²) < 4.78 is 10.8. The Morgan fingerprint density at radius 1 is 0.500 bits per heavy atom. The van der Waals surface area contributed by atoms with Crippen molar-refractivity contribution < 1.29 is 28.7 Å². The molecule has 2 heterocycles. The van der Waals surface area contributed by atoms with Gasteiger partial charge < -0.3 is 14.8 Å². The molecule has 9 heteroatoms. The van der Waals surface area contributed by atoms with Crippen molar-refractivity contribution in [2.75, 3.05) is 40.4 Å². The third-order valence-electron chi connectivity index (χ3n) is 9.99. The van der Waals surface area contributed by atoms with E-state index in [2.05, 4.69) is 5.32 Å². The van der Waals surface area contributed by atoms with Crippen molar-refractivity contribution in [1.82, 2.24) is 15.1 Å². The number of amides is 4. The molecule has 1 N–H and O–H groups in total. The number of ether oxygens (including phenoxy) is 2. The zero-order valence-corrected chi connectivity index (χ0v) is 27.9. The second-order valence-corrected chi connectivity index (χ2v) is 12.8. The molecule has 0 saturated heterocycles. The summed E-state index contributed by atoms with van der Waals surface area (Å²) in [7, 11) is 3.22. The Bertz CT molecular complexity index is 2250. The summed E-state index contributed by atoms with van der Waals surface area (Å²) >= 11 is 0. The second kappa shape index (κ2) is 12.6. The first kappa shape index (κ1) is 31.5. The molecular formula is C41H35N3O6. The zero-order valence-electron chi connectivity index (χ0n) is 27.9. The number of nitrogens with zero attached hydrogens (tertiary/aromatic N) is 2. The Balaban J connectivity index is 0.876. The van der Waals surface area contributed by atoms with Gasteiger partial charge in [-0.25, -0.2) is 0 Å². The maximum atomic E-state index is 13.6.